The minimum atomic E-state index is -0.270. The fraction of sp³-hybridized carbons (Fsp3) is 0.531. The number of rotatable bonds is 10. The third-order valence-corrected chi connectivity index (χ3v) is 9.61. The van der Waals surface area contributed by atoms with Gasteiger partial charge in [-0.25, -0.2) is 0 Å². The summed E-state index contributed by atoms with van der Waals surface area (Å²) in [7, 11) is 0. The minimum Gasteiger partial charge on any atom is -0.425 e. The van der Waals surface area contributed by atoms with Crippen LogP contribution in [0.1, 0.15) is 112 Å². The van der Waals surface area contributed by atoms with Gasteiger partial charge in [-0.2, -0.15) is 10.5 Å². The van der Waals surface area contributed by atoms with Crippen molar-refractivity contribution in [2.24, 2.45) is 5.41 Å². The fourth-order valence-corrected chi connectivity index (χ4v) is 7.10. The first-order valence-electron chi connectivity index (χ1n) is 13.8. The Morgan fingerprint density at radius 3 is 2.24 bits per heavy atom. The van der Waals surface area contributed by atoms with E-state index in [1.165, 1.54) is 44.9 Å². The summed E-state index contributed by atoms with van der Waals surface area (Å²) in [6.45, 7) is 4.04. The molecule has 0 heterocycles. The van der Waals surface area contributed by atoms with Crippen LogP contribution in [0.15, 0.2) is 34.8 Å². The topological polar surface area (TPSA) is 73.9 Å². The van der Waals surface area contributed by atoms with Crippen LogP contribution in [0.2, 0.25) is 0 Å². The Morgan fingerprint density at radius 1 is 0.946 bits per heavy atom. The molecule has 3 saturated carbocycles. The fourth-order valence-electron chi connectivity index (χ4n) is 6.59. The van der Waals surface area contributed by atoms with Crippen LogP contribution in [0.25, 0.3) is 0 Å². The standard InChI is InChI=1S/C32H37BrN2O2/c1-3-5-6-13-31-14-17-32(18-15-31,19-16-31)27-11-10-24(25(21-34)26(27)22-35)9-7-23-8-12-29(28(33)20-23)37-30(36)4-2/h8,10-12,20H,3-7,9,13-19H2,1-2H3. The van der Waals surface area contributed by atoms with Crippen molar-refractivity contribution in [3.05, 3.63) is 62.6 Å². The normalized spacial score (nSPS) is 22.3. The lowest BCUT2D eigenvalue weighted by atomic mass is 9.50. The first kappa shape index (κ1) is 27.4. The Bertz CT molecular complexity index is 1210. The van der Waals surface area contributed by atoms with Crippen molar-refractivity contribution in [2.45, 2.75) is 103 Å². The number of aryl methyl sites for hydroxylation is 2. The van der Waals surface area contributed by atoms with Gasteiger partial charge in [0.2, 0.25) is 0 Å². The third kappa shape index (κ3) is 5.78. The zero-order valence-electron chi connectivity index (χ0n) is 22.2. The maximum absolute atomic E-state index is 11.6. The molecule has 5 rings (SSSR count). The van der Waals surface area contributed by atoms with E-state index in [2.05, 4.69) is 47.1 Å². The van der Waals surface area contributed by atoms with Crippen molar-refractivity contribution < 1.29 is 9.53 Å². The van der Waals surface area contributed by atoms with E-state index in [1.807, 2.05) is 12.1 Å². The molecule has 0 amide bonds. The summed E-state index contributed by atoms with van der Waals surface area (Å²) >= 11 is 3.50. The van der Waals surface area contributed by atoms with Gasteiger partial charge < -0.3 is 4.74 Å². The monoisotopic (exact) mass is 560 g/mol. The summed E-state index contributed by atoms with van der Waals surface area (Å²) in [6.07, 6.45) is 14.2. The highest BCUT2D eigenvalue weighted by Gasteiger charge is 2.49. The molecule has 194 valence electrons. The van der Waals surface area contributed by atoms with Crippen molar-refractivity contribution in [3.8, 4) is 17.9 Å². The summed E-state index contributed by atoms with van der Waals surface area (Å²) < 4.78 is 6.07. The zero-order chi connectivity index (χ0) is 26.5. The van der Waals surface area contributed by atoms with Crippen molar-refractivity contribution in [3.63, 3.8) is 0 Å². The van der Waals surface area contributed by atoms with Crippen molar-refractivity contribution >= 4 is 21.9 Å². The average Bonchev–Trinajstić information content (AvgIpc) is 2.93. The predicted octanol–water partition coefficient (Wildman–Crippen LogP) is 8.47. The Labute approximate surface area is 230 Å². The highest BCUT2D eigenvalue weighted by molar-refractivity contribution is 9.10. The number of carbonyl (C=O) groups excluding carboxylic acids is 1. The molecule has 0 spiro atoms. The number of halogens is 1. The Kier molecular flexibility index (Phi) is 8.76. The van der Waals surface area contributed by atoms with Gasteiger partial charge in [-0.1, -0.05) is 51.3 Å². The summed E-state index contributed by atoms with van der Waals surface area (Å²) in [5, 5.41) is 20.3. The second-order valence-corrected chi connectivity index (χ2v) is 11.9. The summed E-state index contributed by atoms with van der Waals surface area (Å²) in [4.78, 5) is 11.6. The number of esters is 1. The molecule has 2 bridgehead atoms. The van der Waals surface area contributed by atoms with E-state index in [4.69, 9.17) is 4.74 Å². The van der Waals surface area contributed by atoms with Crippen LogP contribution in [0.4, 0.5) is 0 Å². The summed E-state index contributed by atoms with van der Waals surface area (Å²) in [6, 6.07) is 14.8. The van der Waals surface area contributed by atoms with Gasteiger partial charge in [0.05, 0.1) is 15.6 Å². The maximum atomic E-state index is 11.6. The summed E-state index contributed by atoms with van der Waals surface area (Å²) in [5.41, 5.74) is 4.83. The summed E-state index contributed by atoms with van der Waals surface area (Å²) in [5.74, 6) is 0.242. The Hall–Kier alpha value is -2.63. The molecule has 0 aromatic heterocycles. The second kappa shape index (κ2) is 11.8. The van der Waals surface area contributed by atoms with Crippen molar-refractivity contribution in [2.75, 3.05) is 0 Å². The van der Waals surface area contributed by atoms with Crippen LogP contribution in [-0.4, -0.2) is 5.97 Å². The molecule has 3 aliphatic carbocycles. The van der Waals surface area contributed by atoms with E-state index in [1.54, 1.807) is 13.0 Å². The molecule has 5 heteroatoms. The molecule has 3 aliphatic rings. The van der Waals surface area contributed by atoms with Crippen molar-refractivity contribution in [1.82, 2.24) is 0 Å². The van der Waals surface area contributed by atoms with E-state index >= 15 is 0 Å². The third-order valence-electron chi connectivity index (χ3n) is 8.99. The molecule has 0 radical (unpaired) electrons. The molecule has 0 N–H and O–H groups in total. The molecular formula is C32H37BrN2O2. The van der Waals surface area contributed by atoms with Crippen LogP contribution in [0, 0.1) is 28.1 Å². The van der Waals surface area contributed by atoms with E-state index in [0.717, 1.165) is 46.8 Å². The zero-order valence-corrected chi connectivity index (χ0v) is 23.8. The van der Waals surface area contributed by atoms with Gasteiger partial charge in [0.25, 0.3) is 0 Å². The molecule has 0 atom stereocenters. The minimum absolute atomic E-state index is 0.0539. The molecule has 37 heavy (non-hydrogen) atoms. The number of benzene rings is 2. The Balaban J connectivity index is 1.51. The van der Waals surface area contributed by atoms with Crippen LogP contribution >= 0.6 is 15.9 Å². The van der Waals surface area contributed by atoms with Crippen molar-refractivity contribution in [1.29, 1.82) is 10.5 Å². The van der Waals surface area contributed by atoms with Crippen LogP contribution in [0.3, 0.4) is 0 Å². The van der Waals surface area contributed by atoms with Crippen LogP contribution < -0.4 is 4.74 Å². The molecular weight excluding hydrogens is 524 g/mol. The number of carbonyl (C=O) groups is 1. The lowest BCUT2D eigenvalue weighted by Crippen LogP contribution is -2.44. The SMILES string of the molecule is CCCCCC12CCC(c3ccc(CCc4ccc(OC(=O)CC)c(Br)c4)c(C#N)c3C#N)(CC1)CC2. The lowest BCUT2D eigenvalue weighted by molar-refractivity contribution is -0.134. The number of ether oxygens (including phenoxy) is 1. The number of hydrogen-bond donors (Lipinski definition) is 0. The molecule has 0 unspecified atom stereocenters. The smallest absolute Gasteiger partial charge is 0.310 e. The molecule has 2 aromatic rings. The van der Waals surface area contributed by atoms with Gasteiger partial charge >= 0.3 is 5.97 Å². The lowest BCUT2D eigenvalue weighted by Gasteiger charge is -2.54. The van der Waals surface area contributed by atoms with Gasteiger partial charge in [-0.3, -0.25) is 4.79 Å². The molecule has 4 nitrogen and oxygen atoms in total. The molecule has 0 saturated heterocycles. The maximum Gasteiger partial charge on any atom is 0.310 e. The molecule has 2 aromatic carbocycles. The first-order valence-corrected chi connectivity index (χ1v) is 14.6. The van der Waals surface area contributed by atoms with Gasteiger partial charge in [0.15, 0.2) is 0 Å². The highest BCUT2D eigenvalue weighted by Crippen LogP contribution is 2.60. The second-order valence-electron chi connectivity index (χ2n) is 11.1. The van der Waals surface area contributed by atoms with Gasteiger partial charge in [0, 0.05) is 6.42 Å². The van der Waals surface area contributed by atoms with E-state index in [0.29, 0.717) is 35.1 Å². The van der Waals surface area contributed by atoms with E-state index < -0.39 is 0 Å². The Morgan fingerprint density at radius 2 is 1.65 bits per heavy atom. The predicted molar refractivity (Wildman–Crippen MR) is 149 cm³/mol. The van der Waals surface area contributed by atoms with Crippen LogP contribution in [0.5, 0.6) is 5.75 Å². The van der Waals surface area contributed by atoms with Gasteiger partial charge in [0.1, 0.15) is 17.9 Å². The number of nitrogens with zero attached hydrogens (tertiary/aromatic N) is 2. The quantitative estimate of drug-likeness (QED) is 0.166. The van der Waals surface area contributed by atoms with Crippen LogP contribution in [-0.2, 0) is 23.1 Å². The number of hydrogen-bond acceptors (Lipinski definition) is 4. The largest absolute Gasteiger partial charge is 0.425 e. The highest BCUT2D eigenvalue weighted by atomic mass is 79.9. The van der Waals surface area contributed by atoms with Gasteiger partial charge in [-0.05, 0) is 113 Å². The molecule has 3 fully saturated rings. The first-order chi connectivity index (χ1) is 17.9. The number of fused-ring (bicyclic) bond motifs is 3. The molecule has 0 aliphatic heterocycles. The number of unbranched alkanes of at least 4 members (excludes halogenated alkanes) is 2. The average molecular weight is 562 g/mol. The van der Waals surface area contributed by atoms with E-state index in [9.17, 15) is 15.3 Å². The number of nitriles is 2. The van der Waals surface area contributed by atoms with Gasteiger partial charge in [-0.15, -0.1) is 0 Å². The van der Waals surface area contributed by atoms with E-state index in [-0.39, 0.29) is 11.4 Å².